The van der Waals surface area contributed by atoms with E-state index in [2.05, 4.69) is 10.3 Å². The van der Waals surface area contributed by atoms with Gasteiger partial charge in [-0.15, -0.1) is 11.8 Å². The molecule has 2 aromatic rings. The maximum atomic E-state index is 12.8. The molecule has 0 saturated carbocycles. The molecule has 1 aromatic heterocycles. The summed E-state index contributed by atoms with van der Waals surface area (Å²) in [5, 5.41) is 2.78. The molecule has 1 heterocycles. The quantitative estimate of drug-likeness (QED) is 0.690. The monoisotopic (exact) mass is 407 g/mol. The number of carbonyl (C=O) groups is 1. The van der Waals surface area contributed by atoms with E-state index in [0.717, 1.165) is 5.56 Å². The van der Waals surface area contributed by atoms with Crippen LogP contribution in [0.2, 0.25) is 0 Å². The molecule has 27 heavy (non-hydrogen) atoms. The highest BCUT2D eigenvalue weighted by atomic mass is 32.2. The number of sulfonamides is 1. The van der Waals surface area contributed by atoms with Crippen LogP contribution in [0.15, 0.2) is 47.6 Å². The van der Waals surface area contributed by atoms with Gasteiger partial charge in [0.05, 0.1) is 10.6 Å². The molecule has 0 fully saturated rings. The minimum Gasteiger partial charge on any atom is -0.325 e. The van der Waals surface area contributed by atoms with Crippen molar-refractivity contribution in [2.45, 2.75) is 31.4 Å². The van der Waals surface area contributed by atoms with Crippen molar-refractivity contribution < 1.29 is 13.2 Å². The highest BCUT2D eigenvalue weighted by Crippen LogP contribution is 2.24. The minimum atomic E-state index is -3.57. The van der Waals surface area contributed by atoms with E-state index in [0.29, 0.717) is 30.1 Å². The molecule has 1 amide bonds. The van der Waals surface area contributed by atoms with Crippen LogP contribution < -0.4 is 5.32 Å². The van der Waals surface area contributed by atoms with E-state index in [4.69, 9.17) is 0 Å². The third-order valence-corrected chi connectivity index (χ3v) is 7.22. The average Bonchev–Trinajstić information content (AvgIpc) is 2.65. The Hall–Kier alpha value is -1.90. The van der Waals surface area contributed by atoms with Crippen LogP contribution in [-0.4, -0.2) is 42.5 Å². The molecule has 1 N–H and O–H groups in total. The minimum absolute atomic E-state index is 0.168. The summed E-state index contributed by atoms with van der Waals surface area (Å²) in [6, 6.07) is 8.80. The largest absolute Gasteiger partial charge is 0.325 e. The molecule has 0 aliphatic carbocycles. The van der Waals surface area contributed by atoms with Gasteiger partial charge in [0, 0.05) is 36.9 Å². The lowest BCUT2D eigenvalue weighted by Gasteiger charge is -2.20. The van der Waals surface area contributed by atoms with Gasteiger partial charge in [0.1, 0.15) is 0 Å². The number of nitrogens with one attached hydrogen (secondary N) is 1. The molecule has 2 rings (SSSR count). The summed E-state index contributed by atoms with van der Waals surface area (Å²) in [5.41, 5.74) is 2.20. The molecule has 6 nitrogen and oxygen atoms in total. The summed E-state index contributed by atoms with van der Waals surface area (Å²) in [4.78, 5) is 16.5. The van der Waals surface area contributed by atoms with Gasteiger partial charge in [0.15, 0.2) is 0 Å². The maximum absolute atomic E-state index is 12.8. The smallest absolute Gasteiger partial charge is 0.243 e. The van der Waals surface area contributed by atoms with Crippen LogP contribution in [0.4, 0.5) is 5.69 Å². The number of carbonyl (C=O) groups excluding carboxylic acids is 1. The number of anilines is 1. The molecule has 0 radical (unpaired) electrons. The number of aryl methyl sites for hydroxylation is 1. The molecule has 1 aromatic carbocycles. The zero-order chi connectivity index (χ0) is 19.9. The lowest BCUT2D eigenvalue weighted by molar-refractivity contribution is -0.113. The molecule has 0 atom stereocenters. The number of hydrogen-bond donors (Lipinski definition) is 1. The van der Waals surface area contributed by atoms with Gasteiger partial charge in [0.2, 0.25) is 15.9 Å². The van der Waals surface area contributed by atoms with Gasteiger partial charge in [-0.05, 0) is 36.2 Å². The Morgan fingerprint density at radius 3 is 2.59 bits per heavy atom. The van der Waals surface area contributed by atoms with Crippen molar-refractivity contribution in [3.63, 3.8) is 0 Å². The predicted octanol–water partition coefficient (Wildman–Crippen LogP) is 3.29. The van der Waals surface area contributed by atoms with Crippen LogP contribution in [0.5, 0.6) is 0 Å². The van der Waals surface area contributed by atoms with Gasteiger partial charge in [-0.1, -0.05) is 26.0 Å². The fourth-order valence-corrected chi connectivity index (χ4v) is 5.08. The van der Waals surface area contributed by atoms with Crippen LogP contribution >= 0.6 is 11.8 Å². The number of benzene rings is 1. The lowest BCUT2D eigenvalue weighted by Crippen LogP contribution is -2.31. The molecule has 0 aliphatic rings. The van der Waals surface area contributed by atoms with Crippen LogP contribution in [0.3, 0.4) is 0 Å². The van der Waals surface area contributed by atoms with E-state index in [9.17, 15) is 13.2 Å². The first-order chi connectivity index (χ1) is 12.9. The molecule has 0 unspecified atom stereocenters. The summed E-state index contributed by atoms with van der Waals surface area (Å²) in [5.74, 6) is 0.802. The highest BCUT2D eigenvalue weighted by molar-refractivity contribution is 7.99. The van der Waals surface area contributed by atoms with Crippen molar-refractivity contribution in [2.24, 2.45) is 0 Å². The van der Waals surface area contributed by atoms with E-state index in [-0.39, 0.29) is 16.6 Å². The first kappa shape index (κ1) is 21.4. The Balaban J connectivity index is 2.03. The van der Waals surface area contributed by atoms with E-state index < -0.39 is 10.0 Å². The van der Waals surface area contributed by atoms with Gasteiger partial charge >= 0.3 is 0 Å². The van der Waals surface area contributed by atoms with Crippen molar-refractivity contribution in [1.29, 1.82) is 0 Å². The number of thioether (sulfide) groups is 1. The van der Waals surface area contributed by atoms with Gasteiger partial charge in [0.25, 0.3) is 0 Å². The zero-order valence-corrected chi connectivity index (χ0v) is 17.4. The number of rotatable bonds is 9. The molecule has 146 valence electrons. The second-order valence-electron chi connectivity index (χ2n) is 5.97. The molecular formula is C19H25N3O3S2. The lowest BCUT2D eigenvalue weighted by atomic mass is 10.2. The van der Waals surface area contributed by atoms with Crippen molar-refractivity contribution >= 4 is 33.4 Å². The first-order valence-corrected chi connectivity index (χ1v) is 11.3. The number of nitrogens with zero attached hydrogens (tertiary/aromatic N) is 2. The van der Waals surface area contributed by atoms with Gasteiger partial charge in [-0.25, -0.2) is 8.42 Å². The summed E-state index contributed by atoms with van der Waals surface area (Å²) < 4.78 is 27.0. The fraction of sp³-hybridized carbons (Fsp3) is 0.368. The van der Waals surface area contributed by atoms with Crippen LogP contribution in [0.1, 0.15) is 25.0 Å². The standard InChI is InChI=1S/C19H25N3O3S2/c1-4-22(5-2)27(24,25)18-11-17(9-8-15(18)3)21-19(23)14-26-13-16-7-6-10-20-12-16/h6-12H,4-5,13-14H2,1-3H3,(H,21,23). The van der Waals surface area contributed by atoms with E-state index in [1.54, 1.807) is 31.5 Å². The molecule has 8 heteroatoms. The number of amides is 1. The third kappa shape index (κ3) is 5.79. The van der Waals surface area contributed by atoms with Crippen molar-refractivity contribution in [2.75, 3.05) is 24.2 Å². The maximum Gasteiger partial charge on any atom is 0.243 e. The fourth-order valence-electron chi connectivity index (χ4n) is 2.60. The van der Waals surface area contributed by atoms with Gasteiger partial charge < -0.3 is 5.32 Å². The Kier molecular flexibility index (Phi) is 7.82. The predicted molar refractivity (Wildman–Crippen MR) is 110 cm³/mol. The summed E-state index contributed by atoms with van der Waals surface area (Å²) in [6.07, 6.45) is 3.48. The van der Waals surface area contributed by atoms with Gasteiger partial charge in [-0.3, -0.25) is 9.78 Å². The summed E-state index contributed by atoms with van der Waals surface area (Å²) >= 11 is 1.48. The summed E-state index contributed by atoms with van der Waals surface area (Å²) in [7, 11) is -3.57. The van der Waals surface area contributed by atoms with E-state index in [1.165, 1.54) is 22.1 Å². The molecule has 0 spiro atoms. The van der Waals surface area contributed by atoms with Crippen molar-refractivity contribution in [3.8, 4) is 0 Å². The normalized spacial score (nSPS) is 11.6. The number of aromatic nitrogens is 1. The topological polar surface area (TPSA) is 79.4 Å². The second kappa shape index (κ2) is 9.87. The first-order valence-electron chi connectivity index (χ1n) is 8.75. The molecule has 0 aliphatic heterocycles. The highest BCUT2D eigenvalue weighted by Gasteiger charge is 2.24. The van der Waals surface area contributed by atoms with Crippen LogP contribution in [0.25, 0.3) is 0 Å². The van der Waals surface area contributed by atoms with E-state index in [1.807, 2.05) is 26.0 Å². The Morgan fingerprint density at radius 2 is 1.96 bits per heavy atom. The van der Waals surface area contributed by atoms with Crippen molar-refractivity contribution in [1.82, 2.24) is 9.29 Å². The Labute approximate surface area is 165 Å². The number of hydrogen-bond acceptors (Lipinski definition) is 5. The van der Waals surface area contributed by atoms with Crippen LogP contribution in [0, 0.1) is 6.92 Å². The van der Waals surface area contributed by atoms with Crippen molar-refractivity contribution in [3.05, 3.63) is 53.9 Å². The summed E-state index contributed by atoms with van der Waals surface area (Å²) in [6.45, 7) is 6.17. The Bertz CT molecular complexity index is 867. The van der Waals surface area contributed by atoms with E-state index >= 15 is 0 Å². The molecule has 0 saturated heterocycles. The third-order valence-electron chi connectivity index (χ3n) is 4.02. The Morgan fingerprint density at radius 1 is 1.22 bits per heavy atom. The zero-order valence-electron chi connectivity index (χ0n) is 15.8. The van der Waals surface area contributed by atoms with Crippen LogP contribution in [-0.2, 0) is 20.6 Å². The van der Waals surface area contributed by atoms with Gasteiger partial charge in [-0.2, -0.15) is 4.31 Å². The number of pyridine rings is 1. The average molecular weight is 408 g/mol. The molecular weight excluding hydrogens is 382 g/mol. The second-order valence-corrected chi connectivity index (χ2v) is 8.86. The molecule has 0 bridgehead atoms. The SMILES string of the molecule is CCN(CC)S(=O)(=O)c1cc(NC(=O)CSCc2cccnc2)ccc1C.